The minimum absolute atomic E-state index is 0.0706. The zero-order valence-corrected chi connectivity index (χ0v) is 34.5. The van der Waals surface area contributed by atoms with Crippen molar-refractivity contribution in [2.75, 3.05) is 6.61 Å². The summed E-state index contributed by atoms with van der Waals surface area (Å²) in [6, 6.07) is 14.0. The number of allylic oxidation sites excluding steroid dienone is 1. The maximum atomic E-state index is 13.5. The first-order chi connectivity index (χ1) is 24.2. The van der Waals surface area contributed by atoms with Gasteiger partial charge in [0.1, 0.15) is 0 Å². The molecule has 286 valence electrons. The van der Waals surface area contributed by atoms with E-state index in [1.54, 1.807) is 24.3 Å². The first-order valence-corrected chi connectivity index (χ1v) is 22.6. The van der Waals surface area contributed by atoms with Gasteiger partial charge in [-0.15, -0.1) is 0 Å². The van der Waals surface area contributed by atoms with Crippen LogP contribution in [0.3, 0.4) is 0 Å². The molecule has 0 N–H and O–H groups in total. The number of benzene rings is 2. The van der Waals surface area contributed by atoms with E-state index in [1.807, 2.05) is 38.1 Å². The average molecular weight is 751 g/mol. The summed E-state index contributed by atoms with van der Waals surface area (Å²) in [7, 11) is -7.75. The second kappa shape index (κ2) is 12.8. The Labute approximate surface area is 314 Å². The molecule has 0 saturated heterocycles. The number of aryl methyl sites for hydroxylation is 2. The van der Waals surface area contributed by atoms with Crippen molar-refractivity contribution in [2.24, 2.45) is 56.7 Å². The molecule has 2 aromatic carbocycles. The van der Waals surface area contributed by atoms with E-state index >= 15 is 0 Å². The van der Waals surface area contributed by atoms with Crippen molar-refractivity contribution < 1.29 is 25.2 Å². The van der Waals surface area contributed by atoms with Gasteiger partial charge in [0.05, 0.1) is 22.5 Å². The lowest BCUT2D eigenvalue weighted by Crippen LogP contribution is -2.67. The van der Waals surface area contributed by atoms with Crippen molar-refractivity contribution >= 4 is 20.2 Å². The molecule has 0 heterocycles. The fourth-order valence-corrected chi connectivity index (χ4v) is 15.8. The van der Waals surface area contributed by atoms with Gasteiger partial charge in [-0.25, -0.2) is 0 Å². The molecule has 52 heavy (non-hydrogen) atoms. The van der Waals surface area contributed by atoms with Crippen LogP contribution in [0.1, 0.15) is 117 Å². The van der Waals surface area contributed by atoms with Crippen molar-refractivity contribution in [1.82, 2.24) is 0 Å². The van der Waals surface area contributed by atoms with Gasteiger partial charge in [0.25, 0.3) is 20.2 Å². The maximum Gasteiger partial charge on any atom is 0.297 e. The number of rotatable bonds is 8. The lowest BCUT2D eigenvalue weighted by molar-refractivity contribution is -0.247. The monoisotopic (exact) mass is 750 g/mol. The van der Waals surface area contributed by atoms with Crippen LogP contribution in [0.4, 0.5) is 0 Å². The van der Waals surface area contributed by atoms with Crippen molar-refractivity contribution in [3.8, 4) is 0 Å². The molecule has 5 aliphatic rings. The molecule has 8 heteroatoms. The van der Waals surface area contributed by atoms with Gasteiger partial charge in [0.15, 0.2) is 0 Å². The highest BCUT2D eigenvalue weighted by Gasteiger charge is 2.71. The van der Waals surface area contributed by atoms with Crippen LogP contribution in [0.5, 0.6) is 0 Å². The van der Waals surface area contributed by atoms with E-state index in [-0.39, 0.29) is 49.6 Å². The Balaban J connectivity index is 1.15. The van der Waals surface area contributed by atoms with Crippen molar-refractivity contribution in [2.45, 2.75) is 135 Å². The predicted octanol–water partition coefficient (Wildman–Crippen LogP) is 10.4. The van der Waals surface area contributed by atoms with Crippen LogP contribution < -0.4 is 0 Å². The van der Waals surface area contributed by atoms with Gasteiger partial charge in [-0.1, -0.05) is 82.2 Å². The van der Waals surface area contributed by atoms with Crippen LogP contribution in [-0.2, 0) is 28.6 Å². The number of fused-ring (bicyclic) bond motifs is 7. The van der Waals surface area contributed by atoms with Crippen molar-refractivity contribution in [3.05, 3.63) is 71.8 Å². The van der Waals surface area contributed by atoms with Crippen LogP contribution >= 0.6 is 0 Å². The van der Waals surface area contributed by atoms with Gasteiger partial charge >= 0.3 is 0 Å². The highest BCUT2D eigenvalue weighted by molar-refractivity contribution is 7.87. The third kappa shape index (κ3) is 5.82. The molecular weight excluding hydrogens is 689 g/mol. The lowest BCUT2D eigenvalue weighted by Gasteiger charge is -2.73. The topological polar surface area (TPSA) is 86.7 Å². The first-order valence-electron chi connectivity index (χ1n) is 19.8. The molecule has 2 aromatic rings. The minimum atomic E-state index is -3.88. The molecule has 5 fully saturated rings. The van der Waals surface area contributed by atoms with Crippen LogP contribution in [0.15, 0.2) is 70.5 Å². The smallest absolute Gasteiger partial charge is 0.266 e. The van der Waals surface area contributed by atoms with Gasteiger partial charge in [-0.05, 0) is 166 Å². The summed E-state index contributed by atoms with van der Waals surface area (Å²) in [4.78, 5) is 0.464. The molecule has 0 unspecified atom stereocenters. The maximum absolute atomic E-state index is 13.5. The van der Waals surface area contributed by atoms with Crippen molar-refractivity contribution in [1.29, 1.82) is 0 Å². The van der Waals surface area contributed by atoms with E-state index in [0.717, 1.165) is 75.3 Å². The Morgan fingerprint density at radius 1 is 0.692 bits per heavy atom. The molecule has 6 nitrogen and oxygen atoms in total. The summed E-state index contributed by atoms with van der Waals surface area (Å²) >= 11 is 0. The van der Waals surface area contributed by atoms with E-state index in [0.29, 0.717) is 29.6 Å². The van der Waals surface area contributed by atoms with Crippen molar-refractivity contribution in [3.63, 3.8) is 0 Å². The second-order valence-electron chi connectivity index (χ2n) is 19.3. The number of hydrogen-bond donors (Lipinski definition) is 0. The summed E-state index contributed by atoms with van der Waals surface area (Å²) < 4.78 is 66.2. The van der Waals surface area contributed by atoms with Gasteiger partial charge in [0.2, 0.25) is 0 Å². The Morgan fingerprint density at radius 2 is 1.29 bits per heavy atom. The Morgan fingerprint density at radius 3 is 1.88 bits per heavy atom. The summed E-state index contributed by atoms with van der Waals surface area (Å²) in [5.74, 6) is 2.04. The predicted molar refractivity (Wildman–Crippen MR) is 207 cm³/mol. The van der Waals surface area contributed by atoms with E-state index < -0.39 is 20.2 Å². The molecule has 0 aromatic heterocycles. The van der Waals surface area contributed by atoms with Gasteiger partial charge in [0, 0.05) is 0 Å². The van der Waals surface area contributed by atoms with Gasteiger partial charge in [-0.2, -0.15) is 16.8 Å². The summed E-state index contributed by atoms with van der Waals surface area (Å²) in [6.45, 7) is 23.1. The molecule has 0 spiro atoms. The standard InChI is InChI=1S/C44H62O6S2/c1-29(2)34-20-25-44(28-49-51(45,46)32-14-10-30(3)11-15-32)27-26-42(8)35(39(34)44)18-19-37-41(7)23-22-38(40(5,6)36(41)21-24-43(37,42)9)50-52(47,48)33-16-12-31(4)13-17-33/h10-17,34-39H,1,18-28H2,2-9H3/t34-,35-,36+,37+,38+,39+,41+,42+,43-,44-/m0/s1. The third-order valence-corrected chi connectivity index (χ3v) is 19.2. The van der Waals surface area contributed by atoms with Crippen LogP contribution in [0.25, 0.3) is 0 Å². The summed E-state index contributed by atoms with van der Waals surface area (Å²) in [6.07, 6.45) is 9.83. The minimum Gasteiger partial charge on any atom is -0.266 e. The average Bonchev–Trinajstić information content (AvgIpc) is 3.46. The van der Waals surface area contributed by atoms with E-state index in [2.05, 4.69) is 48.1 Å². The fraction of sp³-hybridized carbons (Fsp3) is 0.682. The molecule has 0 aliphatic heterocycles. The SMILES string of the molecule is C=C(C)[C@@H]1CC[C@@]2(COS(=O)(=O)c3ccc(C)cc3)CC[C@]3(C)[C@@H](CC[C@@H]4[C@]5(C)CC[C@@H](OS(=O)(=O)c6ccc(C)cc6)C(C)(C)[C@H]5CC[C@@]43C)[C@@H]12. The fourth-order valence-electron chi connectivity index (χ4n) is 13.6. The Bertz CT molecular complexity index is 1920. The molecular formula is C44H62O6S2. The number of hydrogen-bond acceptors (Lipinski definition) is 6. The van der Waals surface area contributed by atoms with Crippen LogP contribution in [-0.4, -0.2) is 29.5 Å². The highest BCUT2D eigenvalue weighted by atomic mass is 32.2. The van der Waals surface area contributed by atoms with E-state index in [9.17, 15) is 16.8 Å². The molecule has 5 aliphatic carbocycles. The highest BCUT2D eigenvalue weighted by Crippen LogP contribution is 2.77. The molecule has 10 atom stereocenters. The van der Waals surface area contributed by atoms with Gasteiger partial charge in [-0.3, -0.25) is 8.37 Å². The quantitative estimate of drug-likeness (QED) is 0.197. The van der Waals surface area contributed by atoms with E-state index in [4.69, 9.17) is 8.37 Å². The third-order valence-electron chi connectivity index (χ3n) is 16.5. The molecule has 7 rings (SSSR count). The largest absolute Gasteiger partial charge is 0.297 e. The molecule has 0 bridgehead atoms. The summed E-state index contributed by atoms with van der Waals surface area (Å²) in [5, 5.41) is 0. The summed E-state index contributed by atoms with van der Waals surface area (Å²) in [5.41, 5.74) is 3.06. The van der Waals surface area contributed by atoms with Crippen LogP contribution in [0.2, 0.25) is 0 Å². The lowest BCUT2D eigenvalue weighted by atomic mass is 9.32. The Kier molecular flexibility index (Phi) is 9.41. The normalized spacial score (nSPS) is 39.8. The zero-order chi connectivity index (χ0) is 37.7. The molecule has 0 amide bonds. The second-order valence-corrected chi connectivity index (χ2v) is 22.5. The Hall–Kier alpha value is -2.00. The first kappa shape index (κ1) is 38.3. The molecule has 0 radical (unpaired) electrons. The van der Waals surface area contributed by atoms with Gasteiger partial charge < -0.3 is 0 Å². The van der Waals surface area contributed by atoms with E-state index in [1.165, 1.54) is 5.57 Å². The zero-order valence-electron chi connectivity index (χ0n) is 32.8. The molecule has 5 saturated carbocycles. The van der Waals surface area contributed by atoms with Crippen LogP contribution in [0, 0.1) is 70.5 Å².